The maximum absolute atomic E-state index is 13.7. The number of hydrogen-bond donors (Lipinski definition) is 1. The van der Waals surface area contributed by atoms with E-state index in [1.165, 1.54) is 17.6 Å². The summed E-state index contributed by atoms with van der Waals surface area (Å²) < 4.78 is 18.5. The van der Waals surface area contributed by atoms with Gasteiger partial charge in [0.1, 0.15) is 5.82 Å². The molecule has 1 aromatic carbocycles. The van der Waals surface area contributed by atoms with Crippen LogP contribution in [0.1, 0.15) is 23.4 Å². The fourth-order valence-electron chi connectivity index (χ4n) is 1.77. The van der Waals surface area contributed by atoms with Gasteiger partial charge < -0.3 is 5.32 Å². The molecule has 0 aliphatic carbocycles. The van der Waals surface area contributed by atoms with Gasteiger partial charge >= 0.3 is 0 Å². The van der Waals surface area contributed by atoms with Crippen LogP contribution in [0.4, 0.5) is 4.39 Å². The predicted molar refractivity (Wildman–Crippen MR) is 74.1 cm³/mol. The SMILES string of the molecule is CCNC(Cc1cc(Br)ccc1F)c1cnns1. The molecule has 0 saturated heterocycles. The molecule has 1 unspecified atom stereocenters. The van der Waals surface area contributed by atoms with E-state index in [-0.39, 0.29) is 11.9 Å². The molecule has 0 amide bonds. The molecule has 96 valence electrons. The van der Waals surface area contributed by atoms with Gasteiger partial charge in [0.15, 0.2) is 0 Å². The van der Waals surface area contributed by atoms with E-state index < -0.39 is 0 Å². The summed E-state index contributed by atoms with van der Waals surface area (Å²) in [5.41, 5.74) is 0.684. The molecule has 0 bridgehead atoms. The number of aromatic nitrogens is 2. The fraction of sp³-hybridized carbons (Fsp3) is 0.333. The number of nitrogens with one attached hydrogen (secondary N) is 1. The number of rotatable bonds is 5. The Balaban J connectivity index is 2.21. The van der Waals surface area contributed by atoms with Crippen LogP contribution in [0.5, 0.6) is 0 Å². The molecule has 1 aromatic heterocycles. The van der Waals surface area contributed by atoms with E-state index >= 15 is 0 Å². The summed E-state index contributed by atoms with van der Waals surface area (Å²) in [7, 11) is 0. The maximum atomic E-state index is 13.7. The van der Waals surface area contributed by atoms with Crippen molar-refractivity contribution in [3.05, 3.63) is 45.1 Å². The molecule has 2 rings (SSSR count). The van der Waals surface area contributed by atoms with Gasteiger partial charge in [-0.3, -0.25) is 0 Å². The maximum Gasteiger partial charge on any atom is 0.126 e. The summed E-state index contributed by atoms with van der Waals surface area (Å²) in [5.74, 6) is -0.182. The van der Waals surface area contributed by atoms with Crippen molar-refractivity contribution >= 4 is 27.5 Å². The van der Waals surface area contributed by atoms with E-state index in [0.717, 1.165) is 15.9 Å². The largest absolute Gasteiger partial charge is 0.309 e. The topological polar surface area (TPSA) is 37.8 Å². The van der Waals surface area contributed by atoms with Gasteiger partial charge in [0.2, 0.25) is 0 Å². The first-order valence-corrected chi connectivity index (χ1v) is 7.22. The summed E-state index contributed by atoms with van der Waals surface area (Å²) in [6.45, 7) is 2.84. The Kier molecular flexibility index (Phi) is 4.79. The fourth-order valence-corrected chi connectivity index (χ4v) is 2.75. The molecule has 0 aliphatic heterocycles. The second kappa shape index (κ2) is 6.36. The Bertz CT molecular complexity index is 504. The minimum absolute atomic E-state index is 0.0544. The highest BCUT2D eigenvalue weighted by Crippen LogP contribution is 2.24. The normalized spacial score (nSPS) is 12.6. The van der Waals surface area contributed by atoms with Crippen molar-refractivity contribution in [3.63, 3.8) is 0 Å². The quantitative estimate of drug-likeness (QED) is 0.914. The van der Waals surface area contributed by atoms with E-state index in [0.29, 0.717) is 12.0 Å². The highest BCUT2D eigenvalue weighted by molar-refractivity contribution is 9.10. The Labute approximate surface area is 118 Å². The molecule has 0 spiro atoms. The second-order valence-corrected chi connectivity index (χ2v) is 5.60. The molecular weight excluding hydrogens is 317 g/mol. The zero-order chi connectivity index (χ0) is 13.0. The third-order valence-corrected chi connectivity index (χ3v) is 3.87. The van der Waals surface area contributed by atoms with Crippen LogP contribution >= 0.6 is 27.5 Å². The smallest absolute Gasteiger partial charge is 0.126 e. The standard InChI is InChI=1S/C12H13BrFN3S/c1-2-15-11(12-7-16-17-18-12)6-8-5-9(13)3-4-10(8)14/h3-5,7,11,15H,2,6H2,1H3. The second-order valence-electron chi connectivity index (χ2n) is 3.87. The highest BCUT2D eigenvalue weighted by atomic mass is 79.9. The predicted octanol–water partition coefficient (Wildman–Crippen LogP) is 3.33. The number of hydrogen-bond acceptors (Lipinski definition) is 4. The van der Waals surface area contributed by atoms with Crippen molar-refractivity contribution in [2.45, 2.75) is 19.4 Å². The van der Waals surface area contributed by atoms with E-state index in [9.17, 15) is 4.39 Å². The molecule has 0 radical (unpaired) electrons. The van der Waals surface area contributed by atoms with Gasteiger partial charge in [-0.25, -0.2) is 4.39 Å². The van der Waals surface area contributed by atoms with E-state index in [2.05, 4.69) is 30.8 Å². The minimum atomic E-state index is -0.182. The van der Waals surface area contributed by atoms with E-state index in [1.54, 1.807) is 12.3 Å². The van der Waals surface area contributed by atoms with Crippen LogP contribution in [-0.4, -0.2) is 16.1 Å². The van der Waals surface area contributed by atoms with Crippen LogP contribution < -0.4 is 5.32 Å². The number of benzene rings is 1. The lowest BCUT2D eigenvalue weighted by molar-refractivity contribution is 0.533. The number of likely N-dealkylation sites (N-methyl/N-ethyl adjacent to an activating group) is 1. The molecule has 1 heterocycles. The summed E-state index contributed by atoms with van der Waals surface area (Å²) in [6, 6.07) is 5.05. The minimum Gasteiger partial charge on any atom is -0.309 e. The molecule has 1 atom stereocenters. The van der Waals surface area contributed by atoms with Crippen LogP contribution in [0.2, 0.25) is 0 Å². The van der Waals surface area contributed by atoms with Crippen LogP contribution in [0.25, 0.3) is 0 Å². The molecule has 3 nitrogen and oxygen atoms in total. The van der Waals surface area contributed by atoms with Crippen molar-refractivity contribution in [3.8, 4) is 0 Å². The lowest BCUT2D eigenvalue weighted by Gasteiger charge is -2.16. The molecular formula is C12H13BrFN3S. The van der Waals surface area contributed by atoms with Crippen molar-refractivity contribution in [2.75, 3.05) is 6.54 Å². The van der Waals surface area contributed by atoms with Crippen LogP contribution in [0, 0.1) is 5.82 Å². The average Bonchev–Trinajstić information content (AvgIpc) is 2.87. The average molecular weight is 330 g/mol. The van der Waals surface area contributed by atoms with Gasteiger partial charge in [-0.05, 0) is 48.3 Å². The lowest BCUT2D eigenvalue weighted by atomic mass is 10.0. The zero-order valence-corrected chi connectivity index (χ0v) is 12.3. The molecule has 1 N–H and O–H groups in total. The van der Waals surface area contributed by atoms with Gasteiger partial charge in [0.05, 0.1) is 11.1 Å². The van der Waals surface area contributed by atoms with Gasteiger partial charge in [0, 0.05) is 10.5 Å². The Morgan fingerprint density at radius 1 is 1.50 bits per heavy atom. The van der Waals surface area contributed by atoms with Crippen molar-refractivity contribution < 1.29 is 4.39 Å². The van der Waals surface area contributed by atoms with Crippen molar-refractivity contribution in [2.24, 2.45) is 0 Å². The highest BCUT2D eigenvalue weighted by Gasteiger charge is 2.16. The molecule has 0 fully saturated rings. The summed E-state index contributed by atoms with van der Waals surface area (Å²) in [5, 5.41) is 7.16. The Morgan fingerprint density at radius 2 is 2.33 bits per heavy atom. The molecule has 6 heteroatoms. The third kappa shape index (κ3) is 3.34. The lowest BCUT2D eigenvalue weighted by Crippen LogP contribution is -2.22. The van der Waals surface area contributed by atoms with Crippen LogP contribution in [-0.2, 0) is 6.42 Å². The molecule has 2 aromatic rings. The third-order valence-electron chi connectivity index (χ3n) is 2.60. The van der Waals surface area contributed by atoms with Crippen LogP contribution in [0.15, 0.2) is 28.9 Å². The molecule has 18 heavy (non-hydrogen) atoms. The number of nitrogens with zero attached hydrogens (tertiary/aromatic N) is 2. The molecule has 0 saturated carbocycles. The van der Waals surface area contributed by atoms with Gasteiger partial charge in [-0.15, -0.1) is 5.10 Å². The summed E-state index contributed by atoms with van der Waals surface area (Å²) in [6.07, 6.45) is 2.32. The van der Waals surface area contributed by atoms with Crippen LogP contribution in [0.3, 0.4) is 0 Å². The first kappa shape index (κ1) is 13.6. The van der Waals surface area contributed by atoms with Crippen molar-refractivity contribution in [1.29, 1.82) is 0 Å². The van der Waals surface area contributed by atoms with E-state index in [4.69, 9.17) is 0 Å². The van der Waals surface area contributed by atoms with E-state index in [1.807, 2.05) is 13.0 Å². The monoisotopic (exact) mass is 329 g/mol. The number of halogens is 2. The first-order chi connectivity index (χ1) is 8.70. The van der Waals surface area contributed by atoms with Gasteiger partial charge in [0.25, 0.3) is 0 Å². The van der Waals surface area contributed by atoms with Gasteiger partial charge in [-0.1, -0.05) is 27.3 Å². The Hall–Kier alpha value is -0.850. The summed E-state index contributed by atoms with van der Waals surface area (Å²) >= 11 is 4.71. The van der Waals surface area contributed by atoms with Gasteiger partial charge in [-0.2, -0.15) is 0 Å². The first-order valence-electron chi connectivity index (χ1n) is 5.65. The summed E-state index contributed by atoms with van der Waals surface area (Å²) in [4.78, 5) is 1.02. The molecule has 0 aliphatic rings. The zero-order valence-electron chi connectivity index (χ0n) is 9.86. The van der Waals surface area contributed by atoms with Crippen molar-refractivity contribution in [1.82, 2.24) is 14.9 Å². The Morgan fingerprint density at radius 3 is 3.00 bits per heavy atom.